The van der Waals surface area contributed by atoms with Gasteiger partial charge in [-0.15, -0.1) is 0 Å². The molecule has 0 saturated carbocycles. The van der Waals surface area contributed by atoms with Gasteiger partial charge in [0.2, 0.25) is 0 Å². The molecule has 92 valence electrons. The summed E-state index contributed by atoms with van der Waals surface area (Å²) in [6, 6.07) is 8.83. The van der Waals surface area contributed by atoms with Gasteiger partial charge >= 0.3 is 5.97 Å². The van der Waals surface area contributed by atoms with Crippen LogP contribution in [0.2, 0.25) is 0 Å². The number of ether oxygens (including phenoxy) is 1. The second kappa shape index (κ2) is 6.21. The van der Waals surface area contributed by atoms with Crippen molar-refractivity contribution in [2.24, 2.45) is 0 Å². The number of allylic oxidation sites excluding steroid dienone is 1. The fraction of sp³-hybridized carbons (Fsp3) is 0.357. The lowest BCUT2D eigenvalue weighted by atomic mass is 10.0. The van der Waals surface area contributed by atoms with Crippen LogP contribution in [-0.4, -0.2) is 23.3 Å². The van der Waals surface area contributed by atoms with Crippen LogP contribution >= 0.6 is 0 Å². The molecule has 0 amide bonds. The van der Waals surface area contributed by atoms with Crippen molar-refractivity contribution >= 4 is 5.97 Å². The quantitative estimate of drug-likeness (QED) is 0.629. The van der Waals surface area contributed by atoms with Crippen LogP contribution in [0.15, 0.2) is 42.5 Å². The summed E-state index contributed by atoms with van der Waals surface area (Å²) in [5, 5.41) is 8.99. The van der Waals surface area contributed by atoms with E-state index in [9.17, 15) is 4.79 Å². The van der Waals surface area contributed by atoms with Gasteiger partial charge in [0.05, 0.1) is 5.56 Å². The van der Waals surface area contributed by atoms with Crippen molar-refractivity contribution in [3.05, 3.63) is 48.0 Å². The molecule has 3 heteroatoms. The lowest BCUT2D eigenvalue weighted by Gasteiger charge is -2.25. The molecule has 1 aromatic carbocycles. The maximum absolute atomic E-state index is 11.9. The maximum atomic E-state index is 11.9. The number of hydrogen-bond acceptors (Lipinski definition) is 3. The first-order chi connectivity index (χ1) is 8.11. The molecule has 0 aliphatic heterocycles. The molecule has 1 rings (SSSR count). The third-order valence-corrected chi connectivity index (χ3v) is 2.46. The molecule has 0 heterocycles. The average molecular weight is 234 g/mol. The second-order valence-electron chi connectivity index (χ2n) is 4.04. The molecule has 0 aliphatic carbocycles. The van der Waals surface area contributed by atoms with Gasteiger partial charge in [0.15, 0.2) is 0 Å². The van der Waals surface area contributed by atoms with Crippen LogP contribution in [-0.2, 0) is 4.74 Å². The van der Waals surface area contributed by atoms with Crippen molar-refractivity contribution in [3.8, 4) is 0 Å². The van der Waals surface area contributed by atoms with Crippen LogP contribution < -0.4 is 0 Å². The summed E-state index contributed by atoms with van der Waals surface area (Å²) < 4.78 is 5.42. The van der Waals surface area contributed by atoms with Gasteiger partial charge in [0, 0.05) is 13.0 Å². The van der Waals surface area contributed by atoms with Crippen LogP contribution in [0.1, 0.15) is 30.6 Å². The zero-order valence-corrected chi connectivity index (χ0v) is 10.2. The Kier molecular flexibility index (Phi) is 4.91. The topological polar surface area (TPSA) is 46.5 Å². The predicted octanol–water partition coefficient (Wildman–Crippen LogP) is 2.56. The highest BCUT2D eigenvalue weighted by Crippen LogP contribution is 2.19. The smallest absolute Gasteiger partial charge is 0.338 e. The minimum atomic E-state index is -0.754. The Morgan fingerprint density at radius 2 is 2.06 bits per heavy atom. The van der Waals surface area contributed by atoms with E-state index in [1.54, 1.807) is 37.3 Å². The minimum Gasteiger partial charge on any atom is -0.451 e. The molecule has 0 spiro atoms. The molecule has 1 N–H and O–H groups in total. The number of aliphatic hydroxyl groups excluding tert-OH is 1. The summed E-state index contributed by atoms with van der Waals surface area (Å²) in [5.41, 5.74) is -0.239. The molecule has 0 bridgehead atoms. The van der Waals surface area contributed by atoms with E-state index in [2.05, 4.69) is 0 Å². The Balaban J connectivity index is 2.78. The average Bonchev–Trinajstić information content (AvgIpc) is 2.30. The molecule has 0 aromatic heterocycles. The Labute approximate surface area is 102 Å². The number of carbonyl (C=O) groups is 1. The van der Waals surface area contributed by atoms with Crippen molar-refractivity contribution in [2.75, 3.05) is 6.61 Å². The van der Waals surface area contributed by atoms with Crippen molar-refractivity contribution in [2.45, 2.75) is 25.9 Å². The summed E-state index contributed by atoms with van der Waals surface area (Å²) in [7, 11) is 0. The van der Waals surface area contributed by atoms with E-state index in [0.29, 0.717) is 12.0 Å². The largest absolute Gasteiger partial charge is 0.451 e. The lowest BCUT2D eigenvalue weighted by molar-refractivity contribution is 0.00236. The zero-order valence-electron chi connectivity index (χ0n) is 10.2. The van der Waals surface area contributed by atoms with E-state index in [1.807, 2.05) is 19.1 Å². The molecular formula is C14H18O3. The highest BCUT2D eigenvalue weighted by atomic mass is 16.6. The molecule has 0 aliphatic rings. The predicted molar refractivity (Wildman–Crippen MR) is 66.8 cm³/mol. The normalized spacial score (nSPS) is 14.5. The van der Waals surface area contributed by atoms with Gasteiger partial charge in [-0.05, 0) is 32.1 Å². The minimum absolute atomic E-state index is 0.0249. The summed E-state index contributed by atoms with van der Waals surface area (Å²) in [5.74, 6) is -0.375. The van der Waals surface area contributed by atoms with Crippen LogP contribution in [0.5, 0.6) is 0 Å². The number of aliphatic hydroxyl groups is 1. The van der Waals surface area contributed by atoms with Crippen LogP contribution in [0, 0.1) is 0 Å². The van der Waals surface area contributed by atoms with E-state index >= 15 is 0 Å². The fourth-order valence-corrected chi connectivity index (χ4v) is 1.59. The van der Waals surface area contributed by atoms with E-state index in [1.165, 1.54) is 0 Å². The Bertz CT molecular complexity index is 384. The lowest BCUT2D eigenvalue weighted by Crippen LogP contribution is -2.30. The van der Waals surface area contributed by atoms with E-state index in [-0.39, 0.29) is 12.6 Å². The second-order valence-corrected chi connectivity index (χ2v) is 4.04. The number of carbonyl (C=O) groups excluding carboxylic acids is 1. The number of benzene rings is 1. The molecule has 3 nitrogen and oxygen atoms in total. The molecule has 1 atom stereocenters. The number of esters is 1. The van der Waals surface area contributed by atoms with Gasteiger partial charge in [0.1, 0.15) is 5.60 Å². The van der Waals surface area contributed by atoms with Crippen molar-refractivity contribution < 1.29 is 14.6 Å². The molecule has 17 heavy (non-hydrogen) atoms. The highest BCUT2D eigenvalue weighted by Gasteiger charge is 2.25. The number of rotatable bonds is 5. The van der Waals surface area contributed by atoms with Gasteiger partial charge < -0.3 is 9.84 Å². The third-order valence-electron chi connectivity index (χ3n) is 2.46. The number of hydrogen-bond donors (Lipinski definition) is 1. The van der Waals surface area contributed by atoms with Crippen LogP contribution in [0.25, 0.3) is 0 Å². The fourth-order valence-electron chi connectivity index (χ4n) is 1.59. The van der Waals surface area contributed by atoms with Crippen LogP contribution in [0.3, 0.4) is 0 Å². The molecule has 0 saturated heterocycles. The van der Waals surface area contributed by atoms with E-state index in [4.69, 9.17) is 9.84 Å². The van der Waals surface area contributed by atoms with Gasteiger partial charge in [-0.25, -0.2) is 4.79 Å². The first kappa shape index (κ1) is 13.5. The molecule has 1 aromatic rings. The van der Waals surface area contributed by atoms with Crippen molar-refractivity contribution in [1.29, 1.82) is 0 Å². The molecule has 0 unspecified atom stereocenters. The van der Waals surface area contributed by atoms with Crippen molar-refractivity contribution in [1.82, 2.24) is 0 Å². The summed E-state index contributed by atoms with van der Waals surface area (Å²) in [6.07, 6.45) is 3.98. The van der Waals surface area contributed by atoms with Crippen molar-refractivity contribution in [3.63, 3.8) is 0 Å². The summed E-state index contributed by atoms with van der Waals surface area (Å²) in [4.78, 5) is 11.9. The first-order valence-electron chi connectivity index (χ1n) is 5.64. The maximum Gasteiger partial charge on any atom is 0.338 e. The van der Waals surface area contributed by atoms with E-state index in [0.717, 1.165) is 0 Å². The Morgan fingerprint density at radius 3 is 2.59 bits per heavy atom. The summed E-state index contributed by atoms with van der Waals surface area (Å²) >= 11 is 0. The van der Waals surface area contributed by atoms with Gasteiger partial charge in [-0.3, -0.25) is 0 Å². The standard InChI is InChI=1S/C14H18O3/c1-3-9-14(2,10-11-15)17-13(16)12-7-5-4-6-8-12/h3-9,15H,10-11H2,1-2H3/b9-3+/t14-/m1/s1. The SMILES string of the molecule is C/C=C/[C@](C)(CCO)OC(=O)c1ccccc1. The van der Waals surface area contributed by atoms with Gasteiger partial charge in [-0.1, -0.05) is 24.3 Å². The molecule has 0 radical (unpaired) electrons. The van der Waals surface area contributed by atoms with E-state index < -0.39 is 5.60 Å². The Hall–Kier alpha value is -1.61. The van der Waals surface area contributed by atoms with Gasteiger partial charge in [-0.2, -0.15) is 0 Å². The molecule has 0 fully saturated rings. The highest BCUT2D eigenvalue weighted by molar-refractivity contribution is 5.89. The summed E-state index contributed by atoms with van der Waals surface area (Å²) in [6.45, 7) is 3.61. The molecular weight excluding hydrogens is 216 g/mol. The Morgan fingerprint density at radius 1 is 1.41 bits per heavy atom. The first-order valence-corrected chi connectivity index (χ1v) is 5.64. The monoisotopic (exact) mass is 234 g/mol. The van der Waals surface area contributed by atoms with Gasteiger partial charge in [0.25, 0.3) is 0 Å². The zero-order chi connectivity index (χ0) is 12.7. The van der Waals surface area contributed by atoms with Crippen LogP contribution in [0.4, 0.5) is 0 Å². The third kappa shape index (κ3) is 4.04.